The molecule has 0 aliphatic rings. The number of amides is 1. The summed E-state index contributed by atoms with van der Waals surface area (Å²) in [5.41, 5.74) is 0.447. The van der Waals surface area contributed by atoms with E-state index in [9.17, 15) is 9.18 Å². The van der Waals surface area contributed by atoms with Gasteiger partial charge < -0.3 is 15.5 Å². The third kappa shape index (κ3) is 7.02. The molecule has 136 valence electrons. The molecule has 0 heterocycles. The van der Waals surface area contributed by atoms with Crippen molar-refractivity contribution >= 4 is 35.8 Å². The van der Waals surface area contributed by atoms with Crippen LogP contribution in [-0.2, 0) is 11.3 Å². The van der Waals surface area contributed by atoms with E-state index < -0.39 is 5.41 Å². The van der Waals surface area contributed by atoms with Gasteiger partial charge in [0.1, 0.15) is 5.82 Å². The third-order valence-corrected chi connectivity index (χ3v) is 3.55. The van der Waals surface area contributed by atoms with E-state index in [1.807, 2.05) is 32.7 Å². The van der Waals surface area contributed by atoms with Crippen LogP contribution in [0.5, 0.6) is 0 Å². The lowest BCUT2D eigenvalue weighted by atomic mass is 9.92. The van der Waals surface area contributed by atoms with Crippen molar-refractivity contribution in [1.82, 2.24) is 15.5 Å². The van der Waals surface area contributed by atoms with E-state index in [1.54, 1.807) is 19.2 Å². The molecule has 1 rings (SSSR count). The molecule has 0 spiro atoms. The van der Waals surface area contributed by atoms with Crippen LogP contribution in [0, 0.1) is 11.2 Å². The Balaban J connectivity index is 0.00000529. The van der Waals surface area contributed by atoms with Gasteiger partial charge in [-0.05, 0) is 38.5 Å². The van der Waals surface area contributed by atoms with Crippen LogP contribution in [0.15, 0.2) is 29.3 Å². The Hall–Kier alpha value is -1.38. The van der Waals surface area contributed by atoms with Crippen molar-refractivity contribution in [3.05, 3.63) is 35.6 Å². The van der Waals surface area contributed by atoms with Crippen LogP contribution in [-0.4, -0.2) is 44.0 Å². The summed E-state index contributed by atoms with van der Waals surface area (Å²) in [6.45, 7) is 7.36. The molecule has 24 heavy (non-hydrogen) atoms. The van der Waals surface area contributed by atoms with Crippen LogP contribution < -0.4 is 10.6 Å². The number of carbonyl (C=O) groups excluding carboxylic acids is 1. The Kier molecular flexibility index (Phi) is 9.88. The van der Waals surface area contributed by atoms with Crippen molar-refractivity contribution in [2.45, 2.75) is 27.3 Å². The maximum absolute atomic E-state index is 13.0. The van der Waals surface area contributed by atoms with Crippen LogP contribution >= 0.6 is 24.0 Å². The molecule has 0 saturated carbocycles. The van der Waals surface area contributed by atoms with Gasteiger partial charge in [0.05, 0.1) is 5.41 Å². The number of rotatable bonds is 6. The van der Waals surface area contributed by atoms with E-state index in [0.717, 1.165) is 5.56 Å². The second-order valence-electron chi connectivity index (χ2n) is 6.13. The quantitative estimate of drug-likeness (QED) is 0.398. The number of hydrogen-bond acceptors (Lipinski definition) is 2. The predicted molar refractivity (Wildman–Crippen MR) is 107 cm³/mol. The molecule has 0 radical (unpaired) electrons. The number of benzene rings is 1. The zero-order valence-electron chi connectivity index (χ0n) is 15.0. The van der Waals surface area contributed by atoms with Crippen molar-refractivity contribution < 1.29 is 9.18 Å². The molecular formula is C17H28FIN4O. The van der Waals surface area contributed by atoms with Crippen LogP contribution in [0.3, 0.4) is 0 Å². The summed E-state index contributed by atoms with van der Waals surface area (Å²) >= 11 is 0. The van der Waals surface area contributed by atoms with E-state index >= 15 is 0 Å². The molecule has 0 bridgehead atoms. The second-order valence-corrected chi connectivity index (χ2v) is 6.13. The summed E-state index contributed by atoms with van der Waals surface area (Å²) in [6.07, 6.45) is 0. The van der Waals surface area contributed by atoms with Gasteiger partial charge >= 0.3 is 0 Å². The van der Waals surface area contributed by atoms with Gasteiger partial charge in [-0.3, -0.25) is 9.79 Å². The summed E-state index contributed by atoms with van der Waals surface area (Å²) in [5, 5.41) is 6.06. The second kappa shape index (κ2) is 10.5. The van der Waals surface area contributed by atoms with E-state index in [-0.39, 0.29) is 35.7 Å². The van der Waals surface area contributed by atoms with Gasteiger partial charge in [-0.15, -0.1) is 24.0 Å². The Morgan fingerprint density at radius 1 is 1.25 bits per heavy atom. The molecule has 0 unspecified atom stereocenters. The first-order chi connectivity index (χ1) is 10.8. The lowest BCUT2D eigenvalue weighted by Gasteiger charge is -2.28. The lowest BCUT2D eigenvalue weighted by Crippen LogP contribution is -2.48. The van der Waals surface area contributed by atoms with Crippen molar-refractivity contribution in [3.8, 4) is 0 Å². The number of guanidine groups is 1. The lowest BCUT2D eigenvalue weighted by molar-refractivity contribution is -0.128. The first kappa shape index (κ1) is 22.6. The number of carbonyl (C=O) groups is 1. The fourth-order valence-electron chi connectivity index (χ4n) is 2.10. The fourth-order valence-corrected chi connectivity index (χ4v) is 2.10. The molecule has 1 aromatic rings. The Labute approximate surface area is 161 Å². The van der Waals surface area contributed by atoms with Crippen molar-refractivity contribution in [2.24, 2.45) is 10.4 Å². The van der Waals surface area contributed by atoms with Crippen molar-refractivity contribution in [1.29, 1.82) is 0 Å². The molecule has 1 amide bonds. The van der Waals surface area contributed by atoms with Gasteiger partial charge in [-0.1, -0.05) is 12.1 Å². The van der Waals surface area contributed by atoms with E-state index in [2.05, 4.69) is 15.6 Å². The first-order valence-corrected chi connectivity index (χ1v) is 7.74. The molecule has 7 heteroatoms. The van der Waals surface area contributed by atoms with Crippen LogP contribution in [0.1, 0.15) is 26.3 Å². The minimum Gasteiger partial charge on any atom is -0.356 e. The molecule has 0 aromatic heterocycles. The number of hydrogen-bond donors (Lipinski definition) is 2. The van der Waals surface area contributed by atoms with Gasteiger partial charge in [-0.2, -0.15) is 0 Å². The van der Waals surface area contributed by atoms with Gasteiger partial charge in [0.25, 0.3) is 0 Å². The Morgan fingerprint density at radius 3 is 2.33 bits per heavy atom. The number of aliphatic imine (C=N–C) groups is 1. The number of halogens is 2. The highest BCUT2D eigenvalue weighted by Gasteiger charge is 2.27. The molecular weight excluding hydrogens is 422 g/mol. The maximum Gasteiger partial charge on any atom is 0.227 e. The molecule has 0 fully saturated rings. The molecule has 0 aliphatic heterocycles. The van der Waals surface area contributed by atoms with Crippen LogP contribution in [0.25, 0.3) is 0 Å². The third-order valence-electron chi connectivity index (χ3n) is 3.55. The van der Waals surface area contributed by atoms with Crippen LogP contribution in [0.4, 0.5) is 4.39 Å². The topological polar surface area (TPSA) is 56.7 Å². The molecule has 0 aliphatic carbocycles. The minimum absolute atomic E-state index is 0. The highest BCUT2D eigenvalue weighted by Crippen LogP contribution is 2.14. The highest BCUT2D eigenvalue weighted by molar-refractivity contribution is 14.0. The Morgan fingerprint density at radius 2 is 1.83 bits per heavy atom. The summed E-state index contributed by atoms with van der Waals surface area (Å²) in [4.78, 5) is 18.2. The number of nitrogens with one attached hydrogen (secondary N) is 2. The summed E-state index contributed by atoms with van der Waals surface area (Å²) < 4.78 is 13.0. The van der Waals surface area contributed by atoms with Gasteiger partial charge in [0.15, 0.2) is 5.96 Å². The highest BCUT2D eigenvalue weighted by atomic mass is 127. The first-order valence-electron chi connectivity index (χ1n) is 7.74. The van der Waals surface area contributed by atoms with Gasteiger partial charge in [-0.25, -0.2) is 4.39 Å². The smallest absolute Gasteiger partial charge is 0.227 e. The average molecular weight is 450 g/mol. The molecule has 0 atom stereocenters. The number of nitrogens with zero attached hydrogens (tertiary/aromatic N) is 2. The van der Waals surface area contributed by atoms with Crippen molar-refractivity contribution in [3.63, 3.8) is 0 Å². The Bertz CT molecular complexity index is 546. The summed E-state index contributed by atoms with van der Waals surface area (Å²) in [5.74, 6) is 0.443. The molecule has 2 N–H and O–H groups in total. The fraction of sp³-hybridized carbons (Fsp3) is 0.529. The average Bonchev–Trinajstić information content (AvgIpc) is 2.50. The van der Waals surface area contributed by atoms with Gasteiger partial charge in [0, 0.05) is 33.7 Å². The maximum atomic E-state index is 13.0. The van der Waals surface area contributed by atoms with E-state index in [0.29, 0.717) is 25.6 Å². The zero-order chi connectivity index (χ0) is 17.5. The minimum atomic E-state index is -0.539. The largest absolute Gasteiger partial charge is 0.356 e. The SMILES string of the molecule is CCNC(=O)C(C)(C)CNC(=NC)N(C)Cc1ccc(F)cc1.I. The standard InChI is InChI=1S/C17H27FN4O.HI/c1-6-20-15(23)17(2,3)12-21-16(19-4)22(5)11-13-7-9-14(18)10-8-13;/h7-10H,6,11-12H2,1-5H3,(H,19,21)(H,20,23);1H. The molecule has 1 aromatic carbocycles. The predicted octanol–water partition coefficient (Wildman–Crippen LogP) is 2.61. The normalized spacial score (nSPS) is 11.5. The van der Waals surface area contributed by atoms with Crippen molar-refractivity contribution in [2.75, 3.05) is 27.2 Å². The van der Waals surface area contributed by atoms with E-state index in [1.165, 1.54) is 12.1 Å². The van der Waals surface area contributed by atoms with Crippen LogP contribution in [0.2, 0.25) is 0 Å². The molecule has 5 nitrogen and oxygen atoms in total. The van der Waals surface area contributed by atoms with E-state index in [4.69, 9.17) is 0 Å². The summed E-state index contributed by atoms with van der Waals surface area (Å²) in [7, 11) is 3.60. The molecule has 0 saturated heterocycles. The zero-order valence-corrected chi connectivity index (χ0v) is 17.3. The van der Waals surface area contributed by atoms with Gasteiger partial charge in [0.2, 0.25) is 5.91 Å². The monoisotopic (exact) mass is 450 g/mol. The summed E-state index contributed by atoms with van der Waals surface area (Å²) in [6, 6.07) is 6.38.